The van der Waals surface area contributed by atoms with Crippen molar-refractivity contribution in [3.8, 4) is 11.5 Å². The van der Waals surface area contributed by atoms with Gasteiger partial charge >= 0.3 is 5.97 Å². The number of rotatable bonds is 3. The minimum absolute atomic E-state index is 0.0275. The average Bonchev–Trinajstić information content (AvgIpc) is 3.07. The first kappa shape index (κ1) is 9.95. The number of carbonyl (C=O) groups is 1. The van der Waals surface area contributed by atoms with E-state index in [1.807, 2.05) is 0 Å². The van der Waals surface area contributed by atoms with Crippen LogP contribution in [0.25, 0.3) is 11.5 Å². The van der Waals surface area contributed by atoms with Crippen LogP contribution >= 0.6 is 0 Å². The largest absolute Gasteiger partial charge is 0.477 e. The van der Waals surface area contributed by atoms with Gasteiger partial charge in [-0.2, -0.15) is 4.98 Å². The Bertz CT molecular complexity index is 575. The Hall–Kier alpha value is -2.24. The number of carboxylic acid groups (broad SMARTS) is 1. The molecule has 1 aliphatic rings. The van der Waals surface area contributed by atoms with Crippen LogP contribution in [0.5, 0.6) is 0 Å². The van der Waals surface area contributed by atoms with E-state index in [0.717, 1.165) is 12.8 Å². The predicted molar refractivity (Wildman–Crippen MR) is 56.5 cm³/mol. The Labute approximate surface area is 96.3 Å². The molecule has 1 fully saturated rings. The molecule has 17 heavy (non-hydrogen) atoms. The van der Waals surface area contributed by atoms with Crippen LogP contribution < -0.4 is 0 Å². The molecule has 0 atom stereocenters. The molecule has 2 aromatic heterocycles. The van der Waals surface area contributed by atoms with E-state index in [1.165, 1.54) is 6.07 Å². The van der Waals surface area contributed by atoms with Gasteiger partial charge in [-0.3, -0.25) is 0 Å². The third-order valence-electron chi connectivity index (χ3n) is 2.57. The third kappa shape index (κ3) is 1.89. The van der Waals surface area contributed by atoms with Gasteiger partial charge in [-0.15, -0.1) is 0 Å². The van der Waals surface area contributed by atoms with Crippen molar-refractivity contribution < 1.29 is 14.4 Å². The molecule has 0 amide bonds. The predicted octanol–water partition coefficient (Wildman–Crippen LogP) is 1.71. The molecular formula is C11H9N3O3. The molecular weight excluding hydrogens is 222 g/mol. The van der Waals surface area contributed by atoms with Crippen molar-refractivity contribution in [1.82, 2.24) is 15.1 Å². The normalized spacial score (nSPS) is 14.8. The summed E-state index contributed by atoms with van der Waals surface area (Å²) in [5.74, 6) is 0.259. The second kappa shape index (κ2) is 3.65. The highest BCUT2D eigenvalue weighted by atomic mass is 16.5. The summed E-state index contributed by atoms with van der Waals surface area (Å²) in [6, 6.07) is 4.70. The van der Waals surface area contributed by atoms with Crippen LogP contribution in [-0.2, 0) is 0 Å². The van der Waals surface area contributed by atoms with Gasteiger partial charge in [0, 0.05) is 5.92 Å². The summed E-state index contributed by atoms with van der Waals surface area (Å²) in [5.41, 5.74) is 0.390. The smallest absolute Gasteiger partial charge is 0.354 e. The van der Waals surface area contributed by atoms with Gasteiger partial charge in [-0.05, 0) is 25.0 Å². The number of aromatic nitrogens is 3. The van der Waals surface area contributed by atoms with Gasteiger partial charge in [0.15, 0.2) is 0 Å². The highest BCUT2D eigenvalue weighted by Gasteiger charge is 2.30. The second-order valence-corrected chi connectivity index (χ2v) is 3.94. The summed E-state index contributed by atoms with van der Waals surface area (Å²) in [4.78, 5) is 18.9. The van der Waals surface area contributed by atoms with E-state index in [1.54, 1.807) is 12.1 Å². The molecule has 0 aromatic carbocycles. The minimum Gasteiger partial charge on any atom is -0.477 e. The molecule has 2 aromatic rings. The molecule has 0 spiro atoms. The molecule has 1 saturated carbocycles. The first-order chi connectivity index (χ1) is 8.24. The van der Waals surface area contributed by atoms with Crippen molar-refractivity contribution in [2.45, 2.75) is 18.8 Å². The summed E-state index contributed by atoms with van der Waals surface area (Å²) in [5, 5.41) is 12.6. The average molecular weight is 231 g/mol. The number of hydrogen-bond donors (Lipinski definition) is 1. The van der Waals surface area contributed by atoms with Crippen LogP contribution in [0.4, 0.5) is 0 Å². The molecule has 1 N–H and O–H groups in total. The van der Waals surface area contributed by atoms with Crippen LogP contribution in [0, 0.1) is 0 Å². The number of nitrogens with zero attached hydrogens (tertiary/aromatic N) is 3. The van der Waals surface area contributed by atoms with E-state index in [9.17, 15) is 4.79 Å². The molecule has 6 heteroatoms. The highest BCUT2D eigenvalue weighted by Crippen LogP contribution is 2.39. The van der Waals surface area contributed by atoms with Gasteiger partial charge in [0.1, 0.15) is 11.4 Å². The van der Waals surface area contributed by atoms with Gasteiger partial charge in [0.05, 0.1) is 0 Å². The summed E-state index contributed by atoms with van der Waals surface area (Å²) in [6.07, 6.45) is 2.15. The maximum atomic E-state index is 10.8. The van der Waals surface area contributed by atoms with Crippen LogP contribution in [0.15, 0.2) is 22.7 Å². The molecule has 6 nitrogen and oxygen atoms in total. The zero-order chi connectivity index (χ0) is 11.8. The van der Waals surface area contributed by atoms with Crippen LogP contribution in [0.1, 0.15) is 35.1 Å². The second-order valence-electron chi connectivity index (χ2n) is 3.94. The van der Waals surface area contributed by atoms with Gasteiger partial charge in [-0.25, -0.2) is 9.78 Å². The van der Waals surface area contributed by atoms with Crippen molar-refractivity contribution in [2.75, 3.05) is 0 Å². The van der Waals surface area contributed by atoms with E-state index in [2.05, 4.69) is 15.1 Å². The van der Waals surface area contributed by atoms with E-state index < -0.39 is 5.97 Å². The van der Waals surface area contributed by atoms with Crippen LogP contribution in [-0.4, -0.2) is 26.2 Å². The van der Waals surface area contributed by atoms with Gasteiger partial charge < -0.3 is 9.63 Å². The fraction of sp³-hybridized carbons (Fsp3) is 0.273. The maximum Gasteiger partial charge on any atom is 0.354 e. The molecule has 0 saturated heterocycles. The standard InChI is InChI=1S/C11H9N3O3/c15-11(16)8-3-1-2-7(12-8)9-13-10(17-14-9)6-4-5-6/h1-3,6H,4-5H2,(H,15,16). The summed E-state index contributed by atoms with van der Waals surface area (Å²) < 4.78 is 5.09. The topological polar surface area (TPSA) is 89.1 Å². The number of hydrogen-bond acceptors (Lipinski definition) is 5. The Kier molecular flexibility index (Phi) is 2.14. The summed E-state index contributed by atoms with van der Waals surface area (Å²) >= 11 is 0. The van der Waals surface area contributed by atoms with E-state index in [-0.39, 0.29) is 5.69 Å². The van der Waals surface area contributed by atoms with Crippen LogP contribution in [0.2, 0.25) is 0 Å². The molecule has 0 radical (unpaired) electrons. The summed E-state index contributed by atoms with van der Waals surface area (Å²) in [6.45, 7) is 0. The van der Waals surface area contributed by atoms with Gasteiger partial charge in [0.2, 0.25) is 11.7 Å². The Balaban J connectivity index is 1.96. The lowest BCUT2D eigenvalue weighted by molar-refractivity contribution is 0.0690. The highest BCUT2D eigenvalue weighted by molar-refractivity contribution is 5.85. The van der Waals surface area contributed by atoms with E-state index in [0.29, 0.717) is 23.3 Å². The quantitative estimate of drug-likeness (QED) is 0.864. The van der Waals surface area contributed by atoms with E-state index in [4.69, 9.17) is 9.63 Å². The molecule has 0 bridgehead atoms. The Morgan fingerprint density at radius 2 is 2.18 bits per heavy atom. The monoisotopic (exact) mass is 231 g/mol. The third-order valence-corrected chi connectivity index (χ3v) is 2.57. The first-order valence-electron chi connectivity index (χ1n) is 5.28. The van der Waals surface area contributed by atoms with E-state index >= 15 is 0 Å². The number of carboxylic acids is 1. The molecule has 1 aliphatic carbocycles. The van der Waals surface area contributed by atoms with Crippen molar-refractivity contribution in [1.29, 1.82) is 0 Å². The Morgan fingerprint density at radius 3 is 2.88 bits per heavy atom. The zero-order valence-corrected chi connectivity index (χ0v) is 8.83. The first-order valence-corrected chi connectivity index (χ1v) is 5.28. The molecule has 2 heterocycles. The minimum atomic E-state index is -1.07. The van der Waals surface area contributed by atoms with Gasteiger partial charge in [0.25, 0.3) is 0 Å². The van der Waals surface area contributed by atoms with Crippen molar-refractivity contribution in [2.24, 2.45) is 0 Å². The number of aromatic carboxylic acids is 1. The Morgan fingerprint density at radius 1 is 1.35 bits per heavy atom. The lowest BCUT2D eigenvalue weighted by atomic mass is 10.3. The van der Waals surface area contributed by atoms with Crippen LogP contribution in [0.3, 0.4) is 0 Å². The molecule has 86 valence electrons. The lowest BCUT2D eigenvalue weighted by Crippen LogP contribution is -2.00. The van der Waals surface area contributed by atoms with Crippen molar-refractivity contribution >= 4 is 5.97 Å². The maximum absolute atomic E-state index is 10.8. The summed E-state index contributed by atoms with van der Waals surface area (Å²) in [7, 11) is 0. The lowest BCUT2D eigenvalue weighted by Gasteiger charge is -1.95. The SMILES string of the molecule is O=C(O)c1cccc(-c2noc(C3CC3)n2)n1. The van der Waals surface area contributed by atoms with Gasteiger partial charge in [-0.1, -0.05) is 11.2 Å². The number of pyridine rings is 1. The van der Waals surface area contributed by atoms with Crippen molar-refractivity contribution in [3.63, 3.8) is 0 Å². The zero-order valence-electron chi connectivity index (χ0n) is 8.83. The molecule has 0 aliphatic heterocycles. The fourth-order valence-corrected chi connectivity index (χ4v) is 1.51. The van der Waals surface area contributed by atoms with Crippen molar-refractivity contribution in [3.05, 3.63) is 29.8 Å². The fourth-order valence-electron chi connectivity index (χ4n) is 1.51. The molecule has 3 rings (SSSR count). The molecule has 0 unspecified atom stereocenters.